The standard InChI is InChI=1S/C16H23N3O2/c1-4-19-9-11(5-6-14(19)20)12-7-13(17)15(18-8-12)16(21)10(2)3/h7-8,10-11H,4-6,9,17H2,1-3H3. The molecule has 0 saturated carbocycles. The minimum Gasteiger partial charge on any atom is -0.397 e. The summed E-state index contributed by atoms with van der Waals surface area (Å²) in [5.41, 5.74) is 7.80. The molecule has 1 amide bonds. The lowest BCUT2D eigenvalue weighted by Gasteiger charge is -2.32. The SMILES string of the molecule is CCN1CC(c2cnc(C(=O)C(C)C)c(N)c2)CCC1=O. The molecule has 2 N–H and O–H groups in total. The Kier molecular flexibility index (Phi) is 4.60. The summed E-state index contributed by atoms with van der Waals surface area (Å²) >= 11 is 0. The number of piperidine rings is 1. The molecule has 1 aliphatic heterocycles. The highest BCUT2D eigenvalue weighted by Gasteiger charge is 2.26. The number of nitrogen functional groups attached to an aromatic ring is 1. The van der Waals surface area contributed by atoms with E-state index in [1.165, 1.54) is 0 Å². The van der Waals surface area contributed by atoms with E-state index in [1.807, 2.05) is 31.7 Å². The molecule has 21 heavy (non-hydrogen) atoms. The van der Waals surface area contributed by atoms with Gasteiger partial charge in [-0.25, -0.2) is 0 Å². The number of hydrogen-bond acceptors (Lipinski definition) is 4. The highest BCUT2D eigenvalue weighted by atomic mass is 16.2. The molecule has 1 aromatic heterocycles. The molecule has 0 aliphatic carbocycles. The van der Waals surface area contributed by atoms with Crippen LogP contribution in [0.25, 0.3) is 0 Å². The van der Waals surface area contributed by atoms with Gasteiger partial charge in [0.15, 0.2) is 5.78 Å². The van der Waals surface area contributed by atoms with Crippen LogP contribution in [0.5, 0.6) is 0 Å². The predicted molar refractivity (Wildman–Crippen MR) is 82.0 cm³/mol. The van der Waals surface area contributed by atoms with E-state index >= 15 is 0 Å². The molecule has 5 nitrogen and oxygen atoms in total. The van der Waals surface area contributed by atoms with E-state index in [0.29, 0.717) is 24.3 Å². The molecule has 2 rings (SSSR count). The number of nitrogens with two attached hydrogens (primary N) is 1. The zero-order valence-electron chi connectivity index (χ0n) is 12.9. The number of anilines is 1. The fourth-order valence-corrected chi connectivity index (χ4v) is 2.69. The average Bonchev–Trinajstić information content (AvgIpc) is 2.46. The van der Waals surface area contributed by atoms with Crippen LogP contribution in [0.3, 0.4) is 0 Å². The van der Waals surface area contributed by atoms with E-state index in [0.717, 1.165) is 18.5 Å². The maximum absolute atomic E-state index is 12.0. The molecule has 2 heterocycles. The van der Waals surface area contributed by atoms with Crippen molar-refractivity contribution >= 4 is 17.4 Å². The number of likely N-dealkylation sites (N-methyl/N-ethyl adjacent to an activating group) is 1. The monoisotopic (exact) mass is 289 g/mol. The number of Topliss-reactive ketones (excluding diaryl/α,β-unsaturated/α-hetero) is 1. The van der Waals surface area contributed by atoms with Crippen molar-refractivity contribution < 1.29 is 9.59 Å². The molecule has 1 unspecified atom stereocenters. The maximum Gasteiger partial charge on any atom is 0.222 e. The van der Waals surface area contributed by atoms with Gasteiger partial charge in [-0.05, 0) is 25.0 Å². The van der Waals surface area contributed by atoms with Gasteiger partial charge < -0.3 is 10.6 Å². The van der Waals surface area contributed by atoms with Crippen molar-refractivity contribution in [3.63, 3.8) is 0 Å². The molecular formula is C16H23N3O2. The number of aromatic nitrogens is 1. The Labute approximate surface area is 125 Å². The van der Waals surface area contributed by atoms with Gasteiger partial charge in [-0.3, -0.25) is 14.6 Å². The molecule has 0 aromatic carbocycles. The van der Waals surface area contributed by atoms with Gasteiger partial charge in [0.2, 0.25) is 5.91 Å². The number of likely N-dealkylation sites (tertiary alicyclic amines) is 1. The third kappa shape index (κ3) is 3.23. The quantitative estimate of drug-likeness (QED) is 0.862. The fraction of sp³-hybridized carbons (Fsp3) is 0.562. The van der Waals surface area contributed by atoms with Crippen LogP contribution in [0.4, 0.5) is 5.69 Å². The van der Waals surface area contributed by atoms with E-state index in [9.17, 15) is 9.59 Å². The number of amides is 1. The van der Waals surface area contributed by atoms with Crippen LogP contribution in [0.1, 0.15) is 55.6 Å². The Bertz CT molecular complexity index is 554. The molecule has 0 radical (unpaired) electrons. The van der Waals surface area contributed by atoms with Gasteiger partial charge in [-0.15, -0.1) is 0 Å². The van der Waals surface area contributed by atoms with Gasteiger partial charge in [0.25, 0.3) is 0 Å². The normalized spacial score (nSPS) is 19.1. The summed E-state index contributed by atoms with van der Waals surface area (Å²) in [6.07, 6.45) is 3.11. The first-order valence-corrected chi connectivity index (χ1v) is 7.51. The molecule has 1 atom stereocenters. The lowest BCUT2D eigenvalue weighted by molar-refractivity contribution is -0.133. The Morgan fingerprint density at radius 3 is 2.81 bits per heavy atom. The van der Waals surface area contributed by atoms with Crippen molar-refractivity contribution in [1.29, 1.82) is 0 Å². The van der Waals surface area contributed by atoms with Crippen LogP contribution in [0.15, 0.2) is 12.3 Å². The third-order valence-electron chi connectivity index (χ3n) is 4.05. The first kappa shape index (κ1) is 15.5. The van der Waals surface area contributed by atoms with Gasteiger partial charge in [-0.1, -0.05) is 13.8 Å². The smallest absolute Gasteiger partial charge is 0.222 e. The summed E-state index contributed by atoms with van der Waals surface area (Å²) in [5.74, 6) is 0.309. The van der Waals surface area contributed by atoms with E-state index < -0.39 is 0 Å². The maximum atomic E-state index is 12.0. The Morgan fingerprint density at radius 2 is 2.24 bits per heavy atom. The lowest BCUT2D eigenvalue weighted by Crippen LogP contribution is -2.38. The molecule has 0 spiro atoms. The van der Waals surface area contributed by atoms with E-state index in [1.54, 1.807) is 6.20 Å². The number of hydrogen-bond donors (Lipinski definition) is 1. The summed E-state index contributed by atoms with van der Waals surface area (Å²) < 4.78 is 0. The minimum absolute atomic E-state index is 0.0342. The van der Waals surface area contributed by atoms with Crippen molar-refractivity contribution in [3.05, 3.63) is 23.5 Å². The van der Waals surface area contributed by atoms with Crippen LogP contribution in [-0.4, -0.2) is 34.7 Å². The van der Waals surface area contributed by atoms with Crippen molar-refractivity contribution in [1.82, 2.24) is 9.88 Å². The summed E-state index contributed by atoms with van der Waals surface area (Å²) in [5, 5.41) is 0. The summed E-state index contributed by atoms with van der Waals surface area (Å²) in [6, 6.07) is 1.84. The van der Waals surface area contributed by atoms with Gasteiger partial charge in [0.1, 0.15) is 5.69 Å². The lowest BCUT2D eigenvalue weighted by atomic mass is 9.90. The largest absolute Gasteiger partial charge is 0.397 e. The highest BCUT2D eigenvalue weighted by molar-refractivity contribution is 6.00. The summed E-state index contributed by atoms with van der Waals surface area (Å²) in [7, 11) is 0. The molecule has 1 saturated heterocycles. The number of ketones is 1. The van der Waals surface area contributed by atoms with Crippen LogP contribution in [-0.2, 0) is 4.79 Å². The second kappa shape index (κ2) is 6.24. The van der Waals surface area contributed by atoms with Gasteiger partial charge >= 0.3 is 0 Å². The summed E-state index contributed by atoms with van der Waals surface area (Å²) in [4.78, 5) is 29.9. The second-order valence-electron chi connectivity index (χ2n) is 5.89. The van der Waals surface area contributed by atoms with Crippen molar-refractivity contribution in [2.24, 2.45) is 5.92 Å². The van der Waals surface area contributed by atoms with E-state index in [2.05, 4.69) is 4.98 Å². The topological polar surface area (TPSA) is 76.3 Å². The molecule has 1 aromatic rings. The molecule has 5 heteroatoms. The van der Waals surface area contributed by atoms with Gasteiger partial charge in [0, 0.05) is 37.5 Å². The molecule has 1 fully saturated rings. The van der Waals surface area contributed by atoms with Crippen LogP contribution >= 0.6 is 0 Å². The Morgan fingerprint density at radius 1 is 1.52 bits per heavy atom. The van der Waals surface area contributed by atoms with Crippen LogP contribution in [0, 0.1) is 5.92 Å². The summed E-state index contributed by atoms with van der Waals surface area (Å²) in [6.45, 7) is 7.08. The van der Waals surface area contributed by atoms with Crippen molar-refractivity contribution in [3.8, 4) is 0 Å². The highest BCUT2D eigenvalue weighted by Crippen LogP contribution is 2.29. The second-order valence-corrected chi connectivity index (χ2v) is 5.89. The third-order valence-corrected chi connectivity index (χ3v) is 4.05. The van der Waals surface area contributed by atoms with E-state index in [4.69, 9.17) is 5.73 Å². The zero-order chi connectivity index (χ0) is 15.6. The van der Waals surface area contributed by atoms with E-state index in [-0.39, 0.29) is 23.5 Å². The number of nitrogens with zero attached hydrogens (tertiary/aromatic N) is 2. The molecule has 1 aliphatic rings. The van der Waals surface area contributed by atoms with Crippen molar-refractivity contribution in [2.75, 3.05) is 18.8 Å². The van der Waals surface area contributed by atoms with Gasteiger partial charge in [0.05, 0.1) is 5.69 Å². The molecule has 0 bridgehead atoms. The number of pyridine rings is 1. The van der Waals surface area contributed by atoms with Gasteiger partial charge in [-0.2, -0.15) is 0 Å². The van der Waals surface area contributed by atoms with Crippen molar-refractivity contribution in [2.45, 2.75) is 39.5 Å². The molecular weight excluding hydrogens is 266 g/mol. The predicted octanol–water partition coefficient (Wildman–Crippen LogP) is 2.23. The average molecular weight is 289 g/mol. The Hall–Kier alpha value is -1.91. The Balaban J connectivity index is 2.20. The number of carbonyl (C=O) groups is 2. The number of carbonyl (C=O) groups excluding carboxylic acids is 2. The number of rotatable bonds is 4. The van der Waals surface area contributed by atoms with Crippen LogP contribution < -0.4 is 5.73 Å². The first-order valence-electron chi connectivity index (χ1n) is 7.51. The minimum atomic E-state index is -0.117. The zero-order valence-corrected chi connectivity index (χ0v) is 12.9. The molecule has 114 valence electrons. The fourth-order valence-electron chi connectivity index (χ4n) is 2.69. The first-order chi connectivity index (χ1) is 9.93. The van der Waals surface area contributed by atoms with Crippen LogP contribution in [0.2, 0.25) is 0 Å².